The zero-order valence-electron chi connectivity index (χ0n) is 11.0. The number of hydrogen-bond donors (Lipinski definition) is 2. The molecule has 0 aliphatic heterocycles. The Morgan fingerprint density at radius 1 is 1.39 bits per heavy atom. The average molecular weight is 252 g/mol. The van der Waals surface area contributed by atoms with Gasteiger partial charge in [0.15, 0.2) is 0 Å². The van der Waals surface area contributed by atoms with Crippen molar-refractivity contribution in [1.82, 2.24) is 10.6 Å². The summed E-state index contributed by atoms with van der Waals surface area (Å²) in [4.78, 5) is 11.2. The van der Waals surface area contributed by atoms with Gasteiger partial charge < -0.3 is 10.6 Å². The summed E-state index contributed by atoms with van der Waals surface area (Å²) in [6.45, 7) is 5.15. The molecule has 0 spiro atoms. The Labute approximate surface area is 108 Å². The number of halogens is 1. The third kappa shape index (κ3) is 5.27. The van der Waals surface area contributed by atoms with Crippen LogP contribution in [-0.2, 0) is 11.2 Å². The van der Waals surface area contributed by atoms with Crippen LogP contribution in [0, 0.1) is 5.82 Å². The second-order valence-corrected chi connectivity index (χ2v) is 4.35. The highest BCUT2D eigenvalue weighted by atomic mass is 19.1. The molecule has 0 fully saturated rings. The highest BCUT2D eigenvalue weighted by molar-refractivity contribution is 5.75. The minimum absolute atomic E-state index is 0.0445. The van der Waals surface area contributed by atoms with Crippen LogP contribution in [0.2, 0.25) is 0 Å². The van der Waals surface area contributed by atoms with Gasteiger partial charge in [0.05, 0.1) is 0 Å². The fourth-order valence-corrected chi connectivity index (χ4v) is 1.78. The van der Waals surface area contributed by atoms with Gasteiger partial charge in [-0.25, -0.2) is 4.39 Å². The van der Waals surface area contributed by atoms with Crippen LogP contribution in [-0.4, -0.2) is 25.0 Å². The van der Waals surface area contributed by atoms with Crippen molar-refractivity contribution in [1.29, 1.82) is 0 Å². The number of hydrogen-bond acceptors (Lipinski definition) is 2. The molecule has 1 aromatic rings. The molecular weight excluding hydrogens is 231 g/mol. The van der Waals surface area contributed by atoms with Crippen LogP contribution in [0.1, 0.15) is 25.8 Å². The highest BCUT2D eigenvalue weighted by Gasteiger charge is 2.07. The van der Waals surface area contributed by atoms with E-state index in [9.17, 15) is 9.18 Å². The zero-order valence-corrected chi connectivity index (χ0v) is 11.0. The van der Waals surface area contributed by atoms with Gasteiger partial charge in [-0.15, -0.1) is 0 Å². The van der Waals surface area contributed by atoms with E-state index >= 15 is 0 Å². The topological polar surface area (TPSA) is 41.1 Å². The van der Waals surface area contributed by atoms with E-state index in [1.54, 1.807) is 12.1 Å². The summed E-state index contributed by atoms with van der Waals surface area (Å²) in [6, 6.07) is 6.93. The van der Waals surface area contributed by atoms with Crippen molar-refractivity contribution in [3.05, 3.63) is 35.6 Å². The van der Waals surface area contributed by atoms with Crippen molar-refractivity contribution in [2.45, 2.75) is 32.7 Å². The molecule has 0 radical (unpaired) electrons. The number of amides is 1. The standard InChI is InChI=1S/C14H21FN2O/c1-3-16-14(18)8-9-17-11(2)10-12-6-4-5-7-13(12)15/h4-7,11,17H,3,8-10H2,1-2H3,(H,16,18). The summed E-state index contributed by atoms with van der Waals surface area (Å²) in [5.74, 6) is -0.127. The molecule has 18 heavy (non-hydrogen) atoms. The van der Waals surface area contributed by atoms with Crippen LogP contribution < -0.4 is 10.6 Å². The first-order chi connectivity index (χ1) is 8.63. The Morgan fingerprint density at radius 2 is 2.11 bits per heavy atom. The maximum absolute atomic E-state index is 13.4. The Kier molecular flexibility index (Phi) is 6.36. The van der Waals surface area contributed by atoms with Gasteiger partial charge in [-0.2, -0.15) is 0 Å². The van der Waals surface area contributed by atoms with Crippen molar-refractivity contribution < 1.29 is 9.18 Å². The molecule has 0 aliphatic rings. The highest BCUT2D eigenvalue weighted by Crippen LogP contribution is 2.08. The maximum Gasteiger partial charge on any atom is 0.221 e. The van der Waals surface area contributed by atoms with Crippen LogP contribution in [0.15, 0.2) is 24.3 Å². The lowest BCUT2D eigenvalue weighted by molar-refractivity contribution is -0.120. The predicted octanol–water partition coefficient (Wildman–Crippen LogP) is 1.87. The van der Waals surface area contributed by atoms with Crippen LogP contribution >= 0.6 is 0 Å². The van der Waals surface area contributed by atoms with E-state index in [1.165, 1.54) is 6.07 Å². The summed E-state index contributed by atoms with van der Waals surface area (Å²) < 4.78 is 13.4. The van der Waals surface area contributed by atoms with Crippen molar-refractivity contribution in [3.8, 4) is 0 Å². The maximum atomic E-state index is 13.4. The molecule has 0 saturated carbocycles. The largest absolute Gasteiger partial charge is 0.356 e. The van der Waals surface area contributed by atoms with E-state index in [0.717, 1.165) is 0 Å². The molecule has 0 heterocycles. The second-order valence-electron chi connectivity index (χ2n) is 4.35. The van der Waals surface area contributed by atoms with E-state index in [2.05, 4.69) is 10.6 Å². The number of carbonyl (C=O) groups is 1. The molecule has 1 rings (SSSR count). The van der Waals surface area contributed by atoms with Gasteiger partial charge in [-0.1, -0.05) is 18.2 Å². The molecule has 3 nitrogen and oxygen atoms in total. The van der Waals surface area contributed by atoms with Gasteiger partial charge in [0, 0.05) is 25.6 Å². The predicted molar refractivity (Wildman–Crippen MR) is 70.9 cm³/mol. The molecule has 1 atom stereocenters. The second kappa shape index (κ2) is 7.82. The molecule has 1 aromatic carbocycles. The van der Waals surface area contributed by atoms with Crippen LogP contribution in [0.4, 0.5) is 4.39 Å². The van der Waals surface area contributed by atoms with Crippen molar-refractivity contribution in [2.75, 3.05) is 13.1 Å². The summed E-state index contributed by atoms with van der Waals surface area (Å²) >= 11 is 0. The van der Waals surface area contributed by atoms with Crippen LogP contribution in [0.3, 0.4) is 0 Å². The molecule has 1 unspecified atom stereocenters. The molecular formula is C14H21FN2O. The lowest BCUT2D eigenvalue weighted by Crippen LogP contribution is -2.33. The summed E-state index contributed by atoms with van der Waals surface area (Å²) in [7, 11) is 0. The van der Waals surface area contributed by atoms with E-state index in [0.29, 0.717) is 31.5 Å². The Balaban J connectivity index is 2.28. The third-order valence-electron chi connectivity index (χ3n) is 2.70. The number of benzene rings is 1. The Bertz CT molecular complexity index is 382. The fourth-order valence-electron chi connectivity index (χ4n) is 1.78. The SMILES string of the molecule is CCNC(=O)CCNC(C)Cc1ccccc1F. The van der Waals surface area contributed by atoms with Gasteiger partial charge in [-0.3, -0.25) is 4.79 Å². The molecule has 4 heteroatoms. The van der Waals surface area contributed by atoms with Crippen molar-refractivity contribution >= 4 is 5.91 Å². The molecule has 0 saturated heterocycles. The normalized spacial score (nSPS) is 12.2. The van der Waals surface area contributed by atoms with Gasteiger partial charge in [0.2, 0.25) is 5.91 Å². The number of carbonyl (C=O) groups excluding carboxylic acids is 1. The first-order valence-electron chi connectivity index (χ1n) is 6.37. The smallest absolute Gasteiger partial charge is 0.221 e. The van der Waals surface area contributed by atoms with Crippen molar-refractivity contribution in [2.24, 2.45) is 0 Å². The molecule has 0 aliphatic carbocycles. The molecule has 2 N–H and O–H groups in total. The average Bonchev–Trinajstić information content (AvgIpc) is 2.32. The first-order valence-corrected chi connectivity index (χ1v) is 6.37. The summed E-state index contributed by atoms with van der Waals surface area (Å²) in [5, 5.41) is 5.96. The molecule has 100 valence electrons. The quantitative estimate of drug-likeness (QED) is 0.778. The van der Waals surface area contributed by atoms with Gasteiger partial charge in [-0.05, 0) is 31.9 Å². The lowest BCUT2D eigenvalue weighted by Gasteiger charge is -2.14. The fraction of sp³-hybridized carbons (Fsp3) is 0.500. The Hall–Kier alpha value is -1.42. The monoisotopic (exact) mass is 252 g/mol. The third-order valence-corrected chi connectivity index (χ3v) is 2.70. The summed E-state index contributed by atoms with van der Waals surface area (Å²) in [6.07, 6.45) is 1.08. The van der Waals surface area contributed by atoms with Gasteiger partial charge in [0.25, 0.3) is 0 Å². The minimum atomic E-state index is -0.171. The lowest BCUT2D eigenvalue weighted by atomic mass is 10.1. The van der Waals surface area contributed by atoms with E-state index in [-0.39, 0.29) is 17.8 Å². The first kappa shape index (κ1) is 14.6. The van der Waals surface area contributed by atoms with Crippen molar-refractivity contribution in [3.63, 3.8) is 0 Å². The van der Waals surface area contributed by atoms with E-state index < -0.39 is 0 Å². The summed E-state index contributed by atoms with van der Waals surface area (Å²) in [5.41, 5.74) is 0.704. The van der Waals surface area contributed by atoms with E-state index in [4.69, 9.17) is 0 Å². The number of nitrogens with one attached hydrogen (secondary N) is 2. The Morgan fingerprint density at radius 3 is 2.78 bits per heavy atom. The van der Waals surface area contributed by atoms with E-state index in [1.807, 2.05) is 19.9 Å². The van der Waals surface area contributed by atoms with Gasteiger partial charge in [0.1, 0.15) is 5.82 Å². The number of rotatable bonds is 7. The van der Waals surface area contributed by atoms with Crippen LogP contribution in [0.5, 0.6) is 0 Å². The zero-order chi connectivity index (χ0) is 13.4. The molecule has 0 aromatic heterocycles. The van der Waals surface area contributed by atoms with Gasteiger partial charge >= 0.3 is 0 Å². The van der Waals surface area contributed by atoms with Crippen LogP contribution in [0.25, 0.3) is 0 Å². The molecule has 1 amide bonds. The minimum Gasteiger partial charge on any atom is -0.356 e. The molecule has 0 bridgehead atoms.